The molecule has 2 aromatic rings. The van der Waals surface area contributed by atoms with E-state index in [0.717, 1.165) is 29.9 Å². The number of amides is 1. The number of rotatable bonds is 7. The second-order valence-corrected chi connectivity index (χ2v) is 7.33. The molecule has 1 N–H and O–H groups in total. The Balaban J connectivity index is 1.86. The molecule has 138 valence electrons. The molecule has 26 heavy (non-hydrogen) atoms. The number of thioether (sulfide) groups is 1. The smallest absolute Gasteiger partial charge is 0.232 e. The summed E-state index contributed by atoms with van der Waals surface area (Å²) in [5.41, 5.74) is 2.23. The van der Waals surface area contributed by atoms with E-state index in [-0.39, 0.29) is 5.91 Å². The summed E-state index contributed by atoms with van der Waals surface area (Å²) in [5.74, 6) is 1.13. The molecule has 2 heterocycles. The van der Waals surface area contributed by atoms with Crippen LogP contribution >= 0.6 is 11.8 Å². The molecule has 1 aliphatic rings. The fourth-order valence-electron chi connectivity index (χ4n) is 2.94. The number of piperidine rings is 1. The van der Waals surface area contributed by atoms with Crippen molar-refractivity contribution in [1.29, 1.82) is 0 Å². The van der Waals surface area contributed by atoms with E-state index in [4.69, 9.17) is 0 Å². The standard InChI is InChI=1S/C19H25N5OS/c1-3-11-20-17(25)14-26-19-22-21-18(23-12-5-4-6-13-23)24(19)16-9-7-15(2)8-10-16/h3,7-10H,1,4-6,11-14H2,2H3,(H,20,25). The van der Waals surface area contributed by atoms with E-state index >= 15 is 0 Å². The molecule has 6 nitrogen and oxygen atoms in total. The number of hydrogen-bond acceptors (Lipinski definition) is 5. The molecule has 1 saturated heterocycles. The molecular weight excluding hydrogens is 346 g/mol. The molecule has 3 rings (SSSR count). The van der Waals surface area contributed by atoms with E-state index < -0.39 is 0 Å². The van der Waals surface area contributed by atoms with Crippen molar-refractivity contribution in [2.75, 3.05) is 30.3 Å². The van der Waals surface area contributed by atoms with Gasteiger partial charge in [-0.1, -0.05) is 35.5 Å². The Hall–Kier alpha value is -2.28. The van der Waals surface area contributed by atoms with Crippen LogP contribution in [0.4, 0.5) is 5.95 Å². The summed E-state index contributed by atoms with van der Waals surface area (Å²) in [7, 11) is 0. The first kappa shape index (κ1) is 18.5. The highest BCUT2D eigenvalue weighted by atomic mass is 32.2. The number of hydrogen-bond donors (Lipinski definition) is 1. The van der Waals surface area contributed by atoms with Gasteiger partial charge in [0.25, 0.3) is 0 Å². The highest BCUT2D eigenvalue weighted by molar-refractivity contribution is 7.99. The molecule has 1 fully saturated rings. The minimum absolute atomic E-state index is 0.0344. The number of benzene rings is 1. The van der Waals surface area contributed by atoms with Crippen molar-refractivity contribution in [3.63, 3.8) is 0 Å². The summed E-state index contributed by atoms with van der Waals surface area (Å²) >= 11 is 1.41. The monoisotopic (exact) mass is 371 g/mol. The second-order valence-electron chi connectivity index (χ2n) is 6.38. The fraction of sp³-hybridized carbons (Fsp3) is 0.421. The molecular formula is C19H25N5OS. The number of carbonyl (C=O) groups excluding carboxylic acids is 1. The fourth-order valence-corrected chi connectivity index (χ4v) is 3.72. The maximum Gasteiger partial charge on any atom is 0.232 e. The van der Waals surface area contributed by atoms with Gasteiger partial charge in [-0.2, -0.15) is 0 Å². The van der Waals surface area contributed by atoms with Crippen molar-refractivity contribution in [3.05, 3.63) is 42.5 Å². The van der Waals surface area contributed by atoms with Crippen molar-refractivity contribution in [2.24, 2.45) is 0 Å². The van der Waals surface area contributed by atoms with Gasteiger partial charge < -0.3 is 10.2 Å². The zero-order chi connectivity index (χ0) is 18.4. The second kappa shape index (κ2) is 8.89. The van der Waals surface area contributed by atoms with E-state index in [1.165, 1.54) is 36.6 Å². The van der Waals surface area contributed by atoms with Gasteiger partial charge >= 0.3 is 0 Å². The molecule has 0 radical (unpaired) electrons. The SMILES string of the molecule is C=CCNC(=O)CSc1nnc(N2CCCCC2)n1-c1ccc(C)cc1. The topological polar surface area (TPSA) is 63.1 Å². The van der Waals surface area contributed by atoms with Crippen LogP contribution in [-0.2, 0) is 4.79 Å². The highest BCUT2D eigenvalue weighted by Crippen LogP contribution is 2.28. The summed E-state index contributed by atoms with van der Waals surface area (Å²) < 4.78 is 2.07. The van der Waals surface area contributed by atoms with Crippen molar-refractivity contribution >= 4 is 23.6 Å². The van der Waals surface area contributed by atoms with Gasteiger partial charge in [0.1, 0.15) is 0 Å². The zero-order valence-corrected chi connectivity index (χ0v) is 16.0. The molecule has 0 spiro atoms. The summed E-state index contributed by atoms with van der Waals surface area (Å²) in [4.78, 5) is 14.2. The summed E-state index contributed by atoms with van der Waals surface area (Å²) in [6.07, 6.45) is 5.28. The quantitative estimate of drug-likeness (QED) is 0.599. The number of aryl methyl sites for hydroxylation is 1. The molecule has 0 saturated carbocycles. The van der Waals surface area contributed by atoms with E-state index in [2.05, 4.69) is 62.7 Å². The van der Waals surface area contributed by atoms with Crippen molar-refractivity contribution < 1.29 is 4.79 Å². The molecule has 1 amide bonds. The van der Waals surface area contributed by atoms with Crippen LogP contribution in [0, 0.1) is 6.92 Å². The first-order valence-corrected chi connectivity index (χ1v) is 9.95. The van der Waals surface area contributed by atoms with Crippen LogP contribution in [0.5, 0.6) is 0 Å². The van der Waals surface area contributed by atoms with E-state index in [1.54, 1.807) is 6.08 Å². The Labute approximate surface area is 158 Å². The lowest BCUT2D eigenvalue weighted by molar-refractivity contribution is -0.118. The van der Waals surface area contributed by atoms with Crippen LogP contribution in [0.3, 0.4) is 0 Å². The molecule has 0 aliphatic carbocycles. The lowest BCUT2D eigenvalue weighted by Crippen LogP contribution is -2.31. The predicted molar refractivity (Wildman–Crippen MR) is 106 cm³/mol. The van der Waals surface area contributed by atoms with Crippen LogP contribution in [-0.4, -0.2) is 46.1 Å². The van der Waals surface area contributed by atoms with Gasteiger partial charge in [-0.25, -0.2) is 0 Å². The van der Waals surface area contributed by atoms with Crippen molar-refractivity contribution in [3.8, 4) is 5.69 Å². The largest absolute Gasteiger partial charge is 0.352 e. The van der Waals surface area contributed by atoms with Gasteiger partial charge in [0.2, 0.25) is 11.9 Å². The Morgan fingerprint density at radius 2 is 1.96 bits per heavy atom. The minimum Gasteiger partial charge on any atom is -0.352 e. The van der Waals surface area contributed by atoms with Crippen LogP contribution in [0.2, 0.25) is 0 Å². The van der Waals surface area contributed by atoms with Gasteiger partial charge in [0.15, 0.2) is 5.16 Å². The third kappa shape index (κ3) is 4.46. The molecule has 0 unspecified atom stereocenters. The summed E-state index contributed by atoms with van der Waals surface area (Å²) in [5, 5.41) is 12.4. The highest BCUT2D eigenvalue weighted by Gasteiger charge is 2.22. The molecule has 7 heteroatoms. The normalized spacial score (nSPS) is 14.3. The minimum atomic E-state index is -0.0344. The third-order valence-corrected chi connectivity index (χ3v) is 5.25. The Kier molecular flexibility index (Phi) is 6.33. The third-order valence-electron chi connectivity index (χ3n) is 4.32. The van der Waals surface area contributed by atoms with Gasteiger partial charge in [-0.05, 0) is 38.3 Å². The first-order chi connectivity index (χ1) is 12.7. The predicted octanol–water partition coefficient (Wildman–Crippen LogP) is 2.96. The van der Waals surface area contributed by atoms with Crippen LogP contribution in [0.1, 0.15) is 24.8 Å². The summed E-state index contributed by atoms with van der Waals surface area (Å²) in [6, 6.07) is 8.32. The van der Waals surface area contributed by atoms with Gasteiger partial charge in [0, 0.05) is 19.6 Å². The first-order valence-electron chi connectivity index (χ1n) is 8.97. The number of carbonyl (C=O) groups is 1. The Morgan fingerprint density at radius 1 is 1.23 bits per heavy atom. The molecule has 1 aliphatic heterocycles. The lowest BCUT2D eigenvalue weighted by atomic mass is 10.1. The van der Waals surface area contributed by atoms with Crippen LogP contribution in [0.25, 0.3) is 5.69 Å². The van der Waals surface area contributed by atoms with Crippen LogP contribution < -0.4 is 10.2 Å². The molecule has 1 aromatic heterocycles. The van der Waals surface area contributed by atoms with Gasteiger partial charge in [0.05, 0.1) is 11.4 Å². The van der Waals surface area contributed by atoms with E-state index in [1.807, 2.05) is 0 Å². The van der Waals surface area contributed by atoms with Gasteiger partial charge in [-0.3, -0.25) is 9.36 Å². The Bertz CT molecular complexity index is 750. The number of nitrogens with one attached hydrogen (secondary N) is 1. The van der Waals surface area contributed by atoms with Gasteiger partial charge in [-0.15, -0.1) is 16.8 Å². The number of aromatic nitrogens is 3. The number of anilines is 1. The molecule has 0 atom stereocenters. The Morgan fingerprint density at radius 3 is 2.65 bits per heavy atom. The zero-order valence-electron chi connectivity index (χ0n) is 15.1. The maximum atomic E-state index is 11.9. The average molecular weight is 372 g/mol. The van der Waals surface area contributed by atoms with Crippen molar-refractivity contribution in [1.82, 2.24) is 20.1 Å². The molecule has 1 aromatic carbocycles. The average Bonchev–Trinajstić information content (AvgIpc) is 3.10. The maximum absolute atomic E-state index is 11.9. The molecule has 0 bridgehead atoms. The summed E-state index contributed by atoms with van der Waals surface area (Å²) in [6.45, 7) is 8.15. The van der Waals surface area contributed by atoms with Crippen LogP contribution in [0.15, 0.2) is 42.1 Å². The van der Waals surface area contributed by atoms with Crippen molar-refractivity contribution in [2.45, 2.75) is 31.3 Å². The lowest BCUT2D eigenvalue weighted by Gasteiger charge is -2.27. The number of nitrogens with zero attached hydrogens (tertiary/aromatic N) is 4. The van der Waals surface area contributed by atoms with E-state index in [9.17, 15) is 4.79 Å². The van der Waals surface area contributed by atoms with E-state index in [0.29, 0.717) is 12.3 Å².